The number of halogens is 1. The minimum absolute atomic E-state index is 0.0177. The maximum Gasteiger partial charge on any atom is 0.223 e. The normalized spacial score (nSPS) is 23.3. The van der Waals surface area contributed by atoms with E-state index in [0.29, 0.717) is 24.6 Å². The number of fused-ring (bicyclic) bond motifs is 1. The number of carbonyl (C=O) groups excluding carboxylic acids is 1. The van der Waals surface area contributed by atoms with Crippen LogP contribution in [0.4, 0.5) is 0 Å². The van der Waals surface area contributed by atoms with Crippen LogP contribution in [0.15, 0.2) is 18.2 Å². The summed E-state index contributed by atoms with van der Waals surface area (Å²) in [4.78, 5) is 12.7. The molecule has 1 aliphatic carbocycles. The van der Waals surface area contributed by atoms with Crippen LogP contribution < -0.4 is 11.1 Å². The Morgan fingerprint density at radius 2 is 2.27 bits per heavy atom. The van der Waals surface area contributed by atoms with Crippen LogP contribution in [-0.4, -0.2) is 34.4 Å². The fourth-order valence-corrected chi connectivity index (χ4v) is 3.92. The molecular formula is C19H27ClN4O2. The second-order valence-corrected chi connectivity index (χ2v) is 7.41. The van der Waals surface area contributed by atoms with Gasteiger partial charge in [-0.05, 0) is 37.8 Å². The van der Waals surface area contributed by atoms with E-state index in [2.05, 4.69) is 17.3 Å². The number of hydrogen-bond donors (Lipinski definition) is 2. The first-order valence-corrected chi connectivity index (χ1v) is 9.64. The van der Waals surface area contributed by atoms with Crippen molar-refractivity contribution in [3.05, 3.63) is 28.9 Å². The first-order chi connectivity index (χ1) is 12.5. The van der Waals surface area contributed by atoms with Gasteiger partial charge in [-0.1, -0.05) is 24.6 Å². The molecule has 1 saturated carbocycles. The lowest BCUT2D eigenvalue weighted by molar-refractivity contribution is -0.128. The minimum Gasteiger partial charge on any atom is -0.377 e. The molecular weight excluding hydrogens is 352 g/mol. The summed E-state index contributed by atoms with van der Waals surface area (Å²) in [5.41, 5.74) is 7.89. The van der Waals surface area contributed by atoms with Crippen molar-refractivity contribution in [1.29, 1.82) is 0 Å². The van der Waals surface area contributed by atoms with Gasteiger partial charge in [0.05, 0.1) is 28.9 Å². The number of carbonyl (C=O) groups is 1. The molecule has 6 nitrogen and oxygen atoms in total. The number of nitrogens with zero attached hydrogens (tertiary/aromatic N) is 2. The highest BCUT2D eigenvalue weighted by Crippen LogP contribution is 2.28. The zero-order chi connectivity index (χ0) is 18.7. The number of benzene rings is 1. The number of aryl methyl sites for hydroxylation is 1. The van der Waals surface area contributed by atoms with Gasteiger partial charge >= 0.3 is 0 Å². The first kappa shape index (κ1) is 19.1. The van der Waals surface area contributed by atoms with Crippen LogP contribution in [0, 0.1) is 5.92 Å². The Labute approximate surface area is 159 Å². The predicted molar refractivity (Wildman–Crippen MR) is 103 cm³/mol. The highest BCUT2D eigenvalue weighted by molar-refractivity contribution is 6.35. The zero-order valence-corrected chi connectivity index (χ0v) is 16.1. The maximum absolute atomic E-state index is 12.7. The highest BCUT2D eigenvalue weighted by Gasteiger charge is 2.32. The molecule has 1 fully saturated rings. The van der Waals surface area contributed by atoms with Crippen molar-refractivity contribution < 1.29 is 9.53 Å². The summed E-state index contributed by atoms with van der Waals surface area (Å²) < 4.78 is 7.61. The second-order valence-electron chi connectivity index (χ2n) is 7.01. The van der Waals surface area contributed by atoms with Gasteiger partial charge < -0.3 is 15.8 Å². The lowest BCUT2D eigenvalue weighted by Crippen LogP contribution is -2.45. The molecule has 3 atom stereocenters. The number of aromatic nitrogens is 2. The Morgan fingerprint density at radius 3 is 3.04 bits per heavy atom. The molecule has 26 heavy (non-hydrogen) atoms. The van der Waals surface area contributed by atoms with Gasteiger partial charge in [-0.2, -0.15) is 5.10 Å². The van der Waals surface area contributed by atoms with E-state index in [0.717, 1.165) is 35.9 Å². The minimum atomic E-state index is -0.0675. The predicted octanol–water partition coefficient (Wildman–Crippen LogP) is 2.77. The fourth-order valence-electron chi connectivity index (χ4n) is 3.64. The molecule has 3 rings (SSSR count). The van der Waals surface area contributed by atoms with Gasteiger partial charge in [0.15, 0.2) is 0 Å². The van der Waals surface area contributed by atoms with Crippen molar-refractivity contribution in [2.75, 3.05) is 6.61 Å². The summed E-state index contributed by atoms with van der Waals surface area (Å²) in [5, 5.41) is 9.08. The smallest absolute Gasteiger partial charge is 0.223 e. The number of ether oxygens (including phenoxy) is 1. The van der Waals surface area contributed by atoms with Crippen LogP contribution in [0.3, 0.4) is 0 Å². The molecule has 3 N–H and O–H groups in total. The third kappa shape index (κ3) is 4.03. The molecule has 0 spiro atoms. The SMILES string of the molecule is CCCO[C@H]1C[C@@H](C(=O)NCc2nn(C)c3cccc(Cl)c23)CC[C@@H]1N. The lowest BCUT2D eigenvalue weighted by Gasteiger charge is -2.33. The van der Waals surface area contributed by atoms with Gasteiger partial charge in [0.1, 0.15) is 0 Å². The van der Waals surface area contributed by atoms with E-state index in [1.165, 1.54) is 0 Å². The summed E-state index contributed by atoms with van der Waals surface area (Å²) in [6, 6.07) is 5.73. The van der Waals surface area contributed by atoms with Crippen LogP contribution in [-0.2, 0) is 23.1 Å². The van der Waals surface area contributed by atoms with Crippen LogP contribution in [0.25, 0.3) is 10.9 Å². The van der Waals surface area contributed by atoms with Crippen molar-refractivity contribution in [2.45, 2.75) is 51.3 Å². The molecule has 1 amide bonds. The summed E-state index contributed by atoms with van der Waals surface area (Å²) in [5.74, 6) is -0.0324. The van der Waals surface area contributed by atoms with Crippen molar-refractivity contribution >= 4 is 28.4 Å². The number of rotatable bonds is 6. The molecule has 0 aliphatic heterocycles. The van der Waals surface area contributed by atoms with E-state index < -0.39 is 0 Å². The molecule has 0 bridgehead atoms. The molecule has 0 radical (unpaired) electrons. The van der Waals surface area contributed by atoms with E-state index in [1.54, 1.807) is 4.68 Å². The number of nitrogens with two attached hydrogens (primary N) is 1. The average Bonchev–Trinajstić information content (AvgIpc) is 2.96. The monoisotopic (exact) mass is 378 g/mol. The molecule has 0 saturated heterocycles. The Bertz CT molecular complexity index is 776. The van der Waals surface area contributed by atoms with E-state index >= 15 is 0 Å². The fraction of sp³-hybridized carbons (Fsp3) is 0.579. The number of amides is 1. The maximum atomic E-state index is 12.7. The van der Waals surface area contributed by atoms with E-state index in [4.69, 9.17) is 22.1 Å². The Balaban J connectivity index is 1.64. The molecule has 7 heteroatoms. The second kappa shape index (κ2) is 8.37. The van der Waals surface area contributed by atoms with Crippen LogP contribution >= 0.6 is 11.6 Å². The van der Waals surface area contributed by atoms with E-state index in [1.807, 2.05) is 25.2 Å². The van der Waals surface area contributed by atoms with Crippen LogP contribution in [0.2, 0.25) is 5.02 Å². The van der Waals surface area contributed by atoms with Crippen molar-refractivity contribution in [2.24, 2.45) is 18.7 Å². The van der Waals surface area contributed by atoms with Crippen LogP contribution in [0.5, 0.6) is 0 Å². The largest absolute Gasteiger partial charge is 0.377 e. The van der Waals surface area contributed by atoms with Crippen molar-refractivity contribution in [1.82, 2.24) is 15.1 Å². The summed E-state index contributed by atoms with van der Waals surface area (Å²) >= 11 is 6.33. The van der Waals surface area contributed by atoms with Crippen LogP contribution in [0.1, 0.15) is 38.3 Å². The van der Waals surface area contributed by atoms with Gasteiger partial charge in [-0.25, -0.2) is 0 Å². The molecule has 0 unspecified atom stereocenters. The van der Waals surface area contributed by atoms with Gasteiger partial charge in [0.25, 0.3) is 0 Å². The van der Waals surface area contributed by atoms with Gasteiger partial charge in [0, 0.05) is 31.0 Å². The quantitative estimate of drug-likeness (QED) is 0.809. The van der Waals surface area contributed by atoms with E-state index in [9.17, 15) is 4.79 Å². The van der Waals surface area contributed by atoms with Gasteiger partial charge in [0.2, 0.25) is 5.91 Å². The molecule has 1 aromatic heterocycles. The van der Waals surface area contributed by atoms with Gasteiger partial charge in [-0.15, -0.1) is 0 Å². The third-order valence-electron chi connectivity index (χ3n) is 5.08. The van der Waals surface area contributed by atoms with Crippen molar-refractivity contribution in [3.63, 3.8) is 0 Å². The lowest BCUT2D eigenvalue weighted by atomic mass is 9.83. The molecule has 2 aromatic rings. The topological polar surface area (TPSA) is 82.2 Å². The summed E-state index contributed by atoms with van der Waals surface area (Å²) in [6.07, 6.45) is 3.20. The molecule has 1 aliphatic rings. The Hall–Kier alpha value is -1.63. The molecule has 1 heterocycles. The molecule has 1 aromatic carbocycles. The van der Waals surface area contributed by atoms with Crippen molar-refractivity contribution in [3.8, 4) is 0 Å². The Morgan fingerprint density at radius 1 is 1.46 bits per heavy atom. The highest BCUT2D eigenvalue weighted by atomic mass is 35.5. The first-order valence-electron chi connectivity index (χ1n) is 9.26. The number of hydrogen-bond acceptors (Lipinski definition) is 4. The summed E-state index contributed by atoms with van der Waals surface area (Å²) in [6.45, 7) is 3.12. The third-order valence-corrected chi connectivity index (χ3v) is 5.39. The number of nitrogens with one attached hydrogen (secondary N) is 1. The summed E-state index contributed by atoms with van der Waals surface area (Å²) in [7, 11) is 1.88. The molecule has 142 valence electrons. The zero-order valence-electron chi connectivity index (χ0n) is 15.4. The van der Waals surface area contributed by atoms with E-state index in [-0.39, 0.29) is 24.0 Å². The van der Waals surface area contributed by atoms with Gasteiger partial charge in [-0.3, -0.25) is 9.48 Å². The standard InChI is InChI=1S/C19H27ClN4O2/c1-3-9-26-17-10-12(7-8-14(17)21)19(25)22-11-15-18-13(20)5-4-6-16(18)24(2)23-15/h4-6,12,14,17H,3,7-11,21H2,1-2H3,(H,22,25)/t12-,14-,17-/m0/s1. The Kier molecular flexibility index (Phi) is 6.16. The average molecular weight is 379 g/mol.